The number of hydrogen-bond acceptors (Lipinski definition) is 4. The summed E-state index contributed by atoms with van der Waals surface area (Å²) in [6.45, 7) is 0. The third-order valence-corrected chi connectivity index (χ3v) is 2.91. The highest BCUT2D eigenvalue weighted by atomic mass is 35.5. The highest BCUT2D eigenvalue weighted by Gasteiger charge is 2.03. The fourth-order valence-electron chi connectivity index (χ4n) is 1.28. The van der Waals surface area contributed by atoms with Crippen LogP contribution in [0.15, 0.2) is 36.7 Å². The predicted octanol–water partition coefficient (Wildman–Crippen LogP) is 3.67. The quantitative estimate of drug-likeness (QED) is 0.872. The molecule has 0 radical (unpaired) electrons. The van der Waals surface area contributed by atoms with Gasteiger partial charge in [-0.05, 0) is 18.2 Å². The van der Waals surface area contributed by atoms with E-state index in [9.17, 15) is 4.79 Å². The van der Waals surface area contributed by atoms with E-state index in [1.54, 1.807) is 18.2 Å². The number of aromatic nitrogens is 2. The van der Waals surface area contributed by atoms with E-state index in [4.69, 9.17) is 33.0 Å². The number of aliphatic carboxylic acids is 1. The summed E-state index contributed by atoms with van der Waals surface area (Å²) in [4.78, 5) is 18.3. The van der Waals surface area contributed by atoms with Gasteiger partial charge >= 0.3 is 12.0 Å². The zero-order valence-electron chi connectivity index (χ0n) is 9.96. The Morgan fingerprint density at radius 3 is 2.50 bits per heavy atom. The molecule has 2 aromatic rings. The number of hydrogen-bond donors (Lipinski definition) is 1. The van der Waals surface area contributed by atoms with Gasteiger partial charge in [-0.1, -0.05) is 23.2 Å². The first-order chi connectivity index (χ1) is 9.54. The average Bonchev–Trinajstić information content (AvgIpc) is 2.42. The van der Waals surface area contributed by atoms with E-state index in [1.165, 1.54) is 18.5 Å². The van der Waals surface area contributed by atoms with E-state index in [0.29, 0.717) is 21.4 Å². The van der Waals surface area contributed by atoms with Crippen LogP contribution in [0, 0.1) is 0 Å². The van der Waals surface area contributed by atoms with Crippen molar-refractivity contribution in [2.75, 3.05) is 0 Å². The number of ether oxygens (including phenoxy) is 1. The van der Waals surface area contributed by atoms with Crippen LogP contribution < -0.4 is 4.74 Å². The smallest absolute Gasteiger partial charge is 0.328 e. The highest BCUT2D eigenvalue weighted by molar-refractivity contribution is 6.42. The Hall–Kier alpha value is -2.11. The Morgan fingerprint density at radius 2 is 1.90 bits per heavy atom. The molecule has 102 valence electrons. The number of carboxylic acids is 1. The van der Waals surface area contributed by atoms with Gasteiger partial charge in [0.2, 0.25) is 0 Å². The van der Waals surface area contributed by atoms with Crippen LogP contribution in [0.2, 0.25) is 10.0 Å². The Balaban J connectivity index is 2.10. The molecule has 0 saturated carbocycles. The van der Waals surface area contributed by atoms with Crippen molar-refractivity contribution in [1.29, 1.82) is 0 Å². The molecule has 0 aliphatic rings. The molecule has 0 spiro atoms. The van der Waals surface area contributed by atoms with Gasteiger partial charge in [0, 0.05) is 30.1 Å². The second kappa shape index (κ2) is 6.36. The summed E-state index contributed by atoms with van der Waals surface area (Å²) in [5.74, 6) is -0.589. The van der Waals surface area contributed by atoms with Crippen molar-refractivity contribution in [3.05, 3.63) is 52.3 Å². The maximum Gasteiger partial charge on any atom is 0.328 e. The summed E-state index contributed by atoms with van der Waals surface area (Å²) in [5.41, 5.74) is 0.550. The fraction of sp³-hybridized carbons (Fsp3) is 0. The van der Waals surface area contributed by atoms with E-state index in [1.807, 2.05) is 0 Å². The van der Waals surface area contributed by atoms with Gasteiger partial charge < -0.3 is 9.84 Å². The normalized spacial score (nSPS) is 10.7. The van der Waals surface area contributed by atoms with Gasteiger partial charge in [-0.15, -0.1) is 0 Å². The first-order valence-electron chi connectivity index (χ1n) is 5.40. The van der Waals surface area contributed by atoms with E-state index in [0.717, 1.165) is 6.08 Å². The number of halogens is 2. The molecule has 2 rings (SSSR count). The molecule has 1 N–H and O–H groups in total. The topological polar surface area (TPSA) is 72.3 Å². The standard InChI is InChI=1S/C13H8Cl2N2O3/c14-10-3-2-9(5-11(10)15)20-13-16-6-8(7-17-13)1-4-12(18)19/h1-7H,(H,18,19)/b4-1+. The molecule has 0 aliphatic heterocycles. The van der Waals surface area contributed by atoms with E-state index < -0.39 is 5.97 Å². The molecule has 1 heterocycles. The highest BCUT2D eigenvalue weighted by Crippen LogP contribution is 2.28. The van der Waals surface area contributed by atoms with Crippen molar-refractivity contribution in [1.82, 2.24) is 9.97 Å². The minimum absolute atomic E-state index is 0.121. The number of benzene rings is 1. The summed E-state index contributed by atoms with van der Waals surface area (Å²) in [6.07, 6.45) is 5.27. The first-order valence-corrected chi connectivity index (χ1v) is 6.16. The predicted molar refractivity (Wildman–Crippen MR) is 75.2 cm³/mol. The Kier molecular flexibility index (Phi) is 4.55. The monoisotopic (exact) mass is 310 g/mol. The van der Waals surface area contributed by atoms with Crippen molar-refractivity contribution >= 4 is 35.2 Å². The number of nitrogens with zero attached hydrogens (tertiary/aromatic N) is 2. The third kappa shape index (κ3) is 3.94. The molecule has 0 unspecified atom stereocenters. The van der Waals surface area contributed by atoms with Crippen LogP contribution in [-0.2, 0) is 4.79 Å². The fourth-order valence-corrected chi connectivity index (χ4v) is 1.57. The maximum atomic E-state index is 10.4. The van der Waals surface area contributed by atoms with E-state index in [-0.39, 0.29) is 6.01 Å². The third-order valence-electron chi connectivity index (χ3n) is 2.17. The first kappa shape index (κ1) is 14.3. The van der Waals surface area contributed by atoms with Crippen molar-refractivity contribution < 1.29 is 14.6 Å². The van der Waals surface area contributed by atoms with Gasteiger partial charge in [0.1, 0.15) is 5.75 Å². The summed E-state index contributed by atoms with van der Waals surface area (Å²) in [5, 5.41) is 9.29. The lowest BCUT2D eigenvalue weighted by atomic mass is 10.3. The molecule has 1 aromatic heterocycles. The van der Waals surface area contributed by atoms with E-state index >= 15 is 0 Å². The molecular weight excluding hydrogens is 303 g/mol. The lowest BCUT2D eigenvalue weighted by Crippen LogP contribution is -1.92. The van der Waals surface area contributed by atoms with Crippen LogP contribution in [0.4, 0.5) is 0 Å². The summed E-state index contributed by atoms with van der Waals surface area (Å²) >= 11 is 11.6. The molecule has 0 bridgehead atoms. The molecule has 5 nitrogen and oxygen atoms in total. The molecule has 0 saturated heterocycles. The largest absolute Gasteiger partial charge is 0.478 e. The van der Waals surface area contributed by atoms with Gasteiger partial charge in [-0.2, -0.15) is 0 Å². The average molecular weight is 311 g/mol. The van der Waals surface area contributed by atoms with Crippen molar-refractivity contribution in [2.45, 2.75) is 0 Å². The molecule has 20 heavy (non-hydrogen) atoms. The van der Waals surface area contributed by atoms with Crippen LogP contribution in [0.1, 0.15) is 5.56 Å². The lowest BCUT2D eigenvalue weighted by molar-refractivity contribution is -0.131. The zero-order chi connectivity index (χ0) is 14.5. The van der Waals surface area contributed by atoms with Crippen LogP contribution in [0.25, 0.3) is 6.08 Å². The van der Waals surface area contributed by atoms with Crippen molar-refractivity contribution in [3.63, 3.8) is 0 Å². The Labute approximate surface area is 124 Å². The van der Waals surface area contributed by atoms with Crippen LogP contribution >= 0.6 is 23.2 Å². The SMILES string of the molecule is O=C(O)/C=C/c1cnc(Oc2ccc(Cl)c(Cl)c2)nc1. The molecule has 7 heteroatoms. The Bertz CT molecular complexity index is 657. The van der Waals surface area contributed by atoms with Crippen molar-refractivity contribution in [2.24, 2.45) is 0 Å². The molecule has 0 amide bonds. The summed E-state index contributed by atoms with van der Waals surface area (Å²) in [6, 6.07) is 4.90. The minimum atomic E-state index is -1.04. The van der Waals surface area contributed by atoms with Gasteiger partial charge in [-0.3, -0.25) is 0 Å². The number of rotatable bonds is 4. The zero-order valence-corrected chi connectivity index (χ0v) is 11.5. The summed E-state index contributed by atoms with van der Waals surface area (Å²) in [7, 11) is 0. The van der Waals surface area contributed by atoms with Gasteiger partial charge in [0.05, 0.1) is 10.0 Å². The van der Waals surface area contributed by atoms with Crippen LogP contribution in [-0.4, -0.2) is 21.0 Å². The lowest BCUT2D eigenvalue weighted by Gasteiger charge is -2.04. The van der Waals surface area contributed by atoms with Gasteiger partial charge in [-0.25, -0.2) is 14.8 Å². The van der Waals surface area contributed by atoms with Crippen LogP contribution in [0.3, 0.4) is 0 Å². The Morgan fingerprint density at radius 1 is 1.20 bits per heavy atom. The van der Waals surface area contributed by atoms with Crippen molar-refractivity contribution in [3.8, 4) is 11.8 Å². The molecule has 0 aliphatic carbocycles. The number of carboxylic acid groups (broad SMARTS) is 1. The van der Waals surface area contributed by atoms with E-state index in [2.05, 4.69) is 9.97 Å². The molecular formula is C13H8Cl2N2O3. The molecule has 0 atom stereocenters. The van der Waals surface area contributed by atoms with Crippen LogP contribution in [0.5, 0.6) is 11.8 Å². The van der Waals surface area contributed by atoms with Gasteiger partial charge in [0.15, 0.2) is 0 Å². The second-order valence-electron chi connectivity index (χ2n) is 3.65. The maximum absolute atomic E-state index is 10.4. The molecule has 1 aromatic carbocycles. The number of carbonyl (C=O) groups is 1. The minimum Gasteiger partial charge on any atom is -0.478 e. The molecule has 0 fully saturated rings. The second-order valence-corrected chi connectivity index (χ2v) is 4.46. The van der Waals surface area contributed by atoms with Gasteiger partial charge in [0.25, 0.3) is 0 Å². The summed E-state index contributed by atoms with van der Waals surface area (Å²) < 4.78 is 5.39.